The highest BCUT2D eigenvalue weighted by atomic mass is 31.2. The van der Waals surface area contributed by atoms with E-state index in [-0.39, 0.29) is 32.1 Å². The van der Waals surface area contributed by atoms with Gasteiger partial charge in [0.2, 0.25) is 5.91 Å². The summed E-state index contributed by atoms with van der Waals surface area (Å²) >= 11 is 0. The number of hydrogen-bond acceptors (Lipinski definition) is 7. The SMILES string of the molecule is CCCCC/C=C\CCCCCCCC(=O)OCC(O)COP(=O)(O)OCCNC(=O)CCCCCCCCC/C=C\CCCCCCCCC. The first-order chi connectivity index (χ1) is 24.8. The van der Waals surface area contributed by atoms with Gasteiger partial charge in [0, 0.05) is 19.4 Å². The van der Waals surface area contributed by atoms with Crippen LogP contribution in [-0.4, -0.2) is 54.3 Å². The van der Waals surface area contributed by atoms with Crippen LogP contribution in [0.5, 0.6) is 0 Å². The fraction of sp³-hybridized carbons (Fsp3) is 0.854. The minimum atomic E-state index is -4.41. The summed E-state index contributed by atoms with van der Waals surface area (Å²) in [4.78, 5) is 33.8. The third-order valence-electron chi connectivity index (χ3n) is 8.85. The summed E-state index contributed by atoms with van der Waals surface area (Å²) in [5.41, 5.74) is 0. The summed E-state index contributed by atoms with van der Waals surface area (Å²) in [6.45, 7) is 3.51. The molecule has 0 spiro atoms. The van der Waals surface area contributed by atoms with Gasteiger partial charge >= 0.3 is 13.8 Å². The molecule has 0 saturated carbocycles. The van der Waals surface area contributed by atoms with Gasteiger partial charge < -0.3 is 20.1 Å². The summed E-state index contributed by atoms with van der Waals surface area (Å²) in [6, 6.07) is 0. The smallest absolute Gasteiger partial charge is 0.463 e. The lowest BCUT2D eigenvalue weighted by atomic mass is 10.1. The van der Waals surface area contributed by atoms with Crippen LogP contribution in [0.1, 0.15) is 194 Å². The molecule has 0 aromatic rings. The van der Waals surface area contributed by atoms with Gasteiger partial charge in [0.15, 0.2) is 0 Å². The highest BCUT2D eigenvalue weighted by Crippen LogP contribution is 2.42. The fourth-order valence-corrected chi connectivity index (χ4v) is 6.42. The molecule has 0 radical (unpaired) electrons. The highest BCUT2D eigenvalue weighted by Gasteiger charge is 2.23. The molecule has 0 heterocycles. The van der Waals surface area contributed by atoms with Crippen molar-refractivity contribution < 1.29 is 37.9 Å². The number of nitrogens with one attached hydrogen (secondary N) is 1. The van der Waals surface area contributed by atoms with Crippen LogP contribution in [0.25, 0.3) is 0 Å². The molecular weight excluding hydrogens is 665 g/mol. The van der Waals surface area contributed by atoms with Gasteiger partial charge in [-0.1, -0.05) is 141 Å². The van der Waals surface area contributed by atoms with E-state index in [1.807, 2.05) is 0 Å². The van der Waals surface area contributed by atoms with Crippen LogP contribution in [0.15, 0.2) is 24.3 Å². The number of unbranched alkanes of at least 4 members (excludes halogenated alkanes) is 22. The van der Waals surface area contributed by atoms with Crippen molar-refractivity contribution in [3.8, 4) is 0 Å². The predicted octanol–water partition coefficient (Wildman–Crippen LogP) is 11.2. The number of carbonyl (C=O) groups excluding carboxylic acids is 2. The van der Waals surface area contributed by atoms with Crippen molar-refractivity contribution in [2.75, 3.05) is 26.4 Å². The minimum absolute atomic E-state index is 0.0799. The Bertz CT molecular complexity index is 897. The van der Waals surface area contributed by atoms with Crippen molar-refractivity contribution in [3.63, 3.8) is 0 Å². The third-order valence-corrected chi connectivity index (χ3v) is 9.84. The topological polar surface area (TPSA) is 131 Å². The maximum atomic E-state index is 12.1. The number of hydrogen-bond donors (Lipinski definition) is 3. The maximum absolute atomic E-state index is 12.1. The zero-order chi connectivity index (χ0) is 37.5. The second kappa shape index (κ2) is 38.2. The van der Waals surface area contributed by atoms with Crippen molar-refractivity contribution in [1.29, 1.82) is 0 Å². The zero-order valence-corrected chi connectivity index (χ0v) is 33.7. The number of amides is 1. The number of rotatable bonds is 39. The van der Waals surface area contributed by atoms with E-state index in [0.29, 0.717) is 6.42 Å². The number of carbonyl (C=O) groups is 2. The summed E-state index contributed by atoms with van der Waals surface area (Å²) < 4.78 is 26.8. The summed E-state index contributed by atoms with van der Waals surface area (Å²) in [7, 11) is -4.41. The zero-order valence-electron chi connectivity index (χ0n) is 32.8. The van der Waals surface area contributed by atoms with Gasteiger partial charge in [0.1, 0.15) is 12.7 Å². The first-order valence-electron chi connectivity index (χ1n) is 20.8. The molecule has 1 amide bonds. The third kappa shape index (κ3) is 39.5. The monoisotopic (exact) mass is 744 g/mol. The van der Waals surface area contributed by atoms with Gasteiger partial charge in [0.05, 0.1) is 13.2 Å². The maximum Gasteiger partial charge on any atom is 0.472 e. The van der Waals surface area contributed by atoms with Crippen LogP contribution >= 0.6 is 7.82 Å². The molecule has 300 valence electrons. The number of ether oxygens (including phenoxy) is 1. The highest BCUT2D eigenvalue weighted by molar-refractivity contribution is 7.47. The number of aliphatic hydroxyl groups excluding tert-OH is 1. The van der Waals surface area contributed by atoms with E-state index in [4.69, 9.17) is 13.8 Å². The Morgan fingerprint density at radius 3 is 1.51 bits per heavy atom. The molecule has 0 saturated heterocycles. The average molecular weight is 744 g/mol. The predicted molar refractivity (Wildman–Crippen MR) is 211 cm³/mol. The summed E-state index contributed by atoms with van der Waals surface area (Å²) in [6.07, 6.45) is 39.6. The van der Waals surface area contributed by atoms with E-state index < -0.39 is 26.5 Å². The molecule has 0 fully saturated rings. The van der Waals surface area contributed by atoms with Crippen LogP contribution in [0.2, 0.25) is 0 Å². The van der Waals surface area contributed by atoms with Crippen molar-refractivity contribution in [1.82, 2.24) is 5.32 Å². The van der Waals surface area contributed by atoms with Gasteiger partial charge in [-0.15, -0.1) is 0 Å². The number of allylic oxidation sites excluding steroid dienone is 4. The van der Waals surface area contributed by atoms with Crippen LogP contribution < -0.4 is 5.32 Å². The summed E-state index contributed by atoms with van der Waals surface area (Å²) in [5.74, 6) is -0.528. The summed E-state index contributed by atoms with van der Waals surface area (Å²) in [5, 5.41) is 12.7. The Hall–Kier alpha value is -1.51. The molecule has 3 N–H and O–H groups in total. The molecule has 0 aliphatic rings. The fourth-order valence-electron chi connectivity index (χ4n) is 5.66. The van der Waals surface area contributed by atoms with Gasteiger partial charge in [0.25, 0.3) is 0 Å². The molecule has 51 heavy (non-hydrogen) atoms. The van der Waals surface area contributed by atoms with Crippen molar-refractivity contribution >= 4 is 19.7 Å². The molecule has 0 bridgehead atoms. The first-order valence-corrected chi connectivity index (χ1v) is 22.3. The van der Waals surface area contributed by atoms with Crippen molar-refractivity contribution in [2.45, 2.75) is 200 Å². The molecule has 2 atom stereocenters. The van der Waals surface area contributed by atoms with Crippen LogP contribution in [0.3, 0.4) is 0 Å². The van der Waals surface area contributed by atoms with E-state index in [1.54, 1.807) is 0 Å². The number of esters is 1. The molecule has 0 aromatic carbocycles. The molecule has 0 aliphatic carbocycles. The Labute approximate surface area is 312 Å². The van der Waals surface area contributed by atoms with E-state index in [2.05, 4.69) is 43.5 Å². The normalized spacial score (nSPS) is 13.6. The number of phosphoric acid groups is 1. The second-order valence-electron chi connectivity index (χ2n) is 14.0. The Morgan fingerprint density at radius 2 is 1.00 bits per heavy atom. The lowest BCUT2D eigenvalue weighted by molar-refractivity contribution is -0.147. The minimum Gasteiger partial charge on any atom is -0.463 e. The van der Waals surface area contributed by atoms with E-state index >= 15 is 0 Å². The lowest BCUT2D eigenvalue weighted by Crippen LogP contribution is -2.27. The van der Waals surface area contributed by atoms with E-state index in [9.17, 15) is 24.2 Å². The van der Waals surface area contributed by atoms with Crippen LogP contribution in [0.4, 0.5) is 0 Å². The number of phosphoric ester groups is 1. The van der Waals surface area contributed by atoms with Crippen molar-refractivity contribution in [2.24, 2.45) is 0 Å². The Morgan fingerprint density at radius 1 is 0.588 bits per heavy atom. The number of aliphatic hydroxyl groups is 1. The Balaban J connectivity index is 3.60. The lowest BCUT2D eigenvalue weighted by Gasteiger charge is -2.15. The molecule has 0 aliphatic heterocycles. The van der Waals surface area contributed by atoms with Crippen molar-refractivity contribution in [3.05, 3.63) is 24.3 Å². The molecular formula is C41H78NO8P. The molecule has 10 heteroatoms. The molecule has 0 rings (SSSR count). The average Bonchev–Trinajstić information content (AvgIpc) is 3.11. The Kier molecular flexibility index (Phi) is 37.1. The quantitative estimate of drug-likeness (QED) is 0.0245. The molecule has 0 aromatic heterocycles. The van der Waals surface area contributed by atoms with Gasteiger partial charge in [-0.3, -0.25) is 18.6 Å². The van der Waals surface area contributed by atoms with E-state index in [0.717, 1.165) is 57.8 Å². The van der Waals surface area contributed by atoms with Gasteiger partial charge in [-0.25, -0.2) is 4.57 Å². The van der Waals surface area contributed by atoms with Crippen LogP contribution in [0, 0.1) is 0 Å². The van der Waals surface area contributed by atoms with Gasteiger partial charge in [-0.05, 0) is 64.2 Å². The second-order valence-corrected chi connectivity index (χ2v) is 15.4. The first kappa shape index (κ1) is 49.5. The van der Waals surface area contributed by atoms with Crippen LogP contribution in [-0.2, 0) is 27.9 Å². The van der Waals surface area contributed by atoms with Gasteiger partial charge in [-0.2, -0.15) is 0 Å². The van der Waals surface area contributed by atoms with E-state index in [1.165, 1.54) is 109 Å². The largest absolute Gasteiger partial charge is 0.472 e. The molecule has 2 unspecified atom stereocenters. The standard InChI is InChI=1S/C41H78NO8P/c1-3-5-7-9-11-13-15-17-18-19-20-21-22-23-25-27-29-31-33-40(44)42-35-36-49-51(46,47)50-38-39(43)37-48-41(45)34-32-30-28-26-24-16-14-12-10-8-6-4-2/h12,14,18-19,39,43H,3-11,13,15-17,20-38H2,1-2H3,(H,42,44)(H,46,47)/b14-12-,19-18-. The molecule has 9 nitrogen and oxygen atoms in total.